The van der Waals surface area contributed by atoms with Gasteiger partial charge in [0.15, 0.2) is 11.2 Å². The number of hydrogen-bond donors (Lipinski definition) is 0. The molecule has 9 heteroatoms. The number of nitrogens with zero attached hydrogens (tertiary/aromatic N) is 4. The maximum Gasteiger partial charge on any atom is 0.332 e. The minimum Gasteiger partial charge on any atom is -0.465 e. The topological polar surface area (TPSA) is 88.1 Å². The average molecular weight is 449 g/mol. The summed E-state index contributed by atoms with van der Waals surface area (Å²) in [7, 11) is 2.98. The minimum absolute atomic E-state index is 0.0833. The van der Waals surface area contributed by atoms with Crippen LogP contribution in [0.15, 0.2) is 38.3 Å². The lowest BCUT2D eigenvalue weighted by atomic mass is 10.2. The van der Waals surface area contributed by atoms with Crippen LogP contribution in [-0.2, 0) is 36.6 Å². The van der Waals surface area contributed by atoms with E-state index in [-0.39, 0.29) is 17.6 Å². The van der Waals surface area contributed by atoms with E-state index in [1.807, 2.05) is 31.2 Å². The molecule has 0 unspecified atom stereocenters. The first-order valence-electron chi connectivity index (χ1n) is 8.88. The van der Waals surface area contributed by atoms with Crippen LogP contribution < -0.4 is 11.2 Å². The summed E-state index contributed by atoms with van der Waals surface area (Å²) in [6.07, 6.45) is 0.634. The van der Waals surface area contributed by atoms with Crippen LogP contribution >= 0.6 is 15.9 Å². The molecule has 8 nitrogen and oxygen atoms in total. The molecule has 28 heavy (non-hydrogen) atoms. The van der Waals surface area contributed by atoms with E-state index < -0.39 is 17.2 Å². The van der Waals surface area contributed by atoms with Crippen LogP contribution in [0, 0.1) is 0 Å². The molecule has 2 aromatic heterocycles. The molecule has 2 heterocycles. The van der Waals surface area contributed by atoms with E-state index in [0.29, 0.717) is 19.0 Å². The van der Waals surface area contributed by atoms with Crippen molar-refractivity contribution in [2.24, 2.45) is 14.1 Å². The highest BCUT2D eigenvalue weighted by atomic mass is 79.9. The quantitative estimate of drug-likeness (QED) is 0.535. The number of esters is 1. The van der Waals surface area contributed by atoms with E-state index in [1.165, 1.54) is 11.6 Å². The van der Waals surface area contributed by atoms with E-state index in [0.717, 1.165) is 21.0 Å². The lowest BCUT2D eigenvalue weighted by Crippen LogP contribution is -2.37. The van der Waals surface area contributed by atoms with Gasteiger partial charge in [-0.05, 0) is 24.1 Å². The largest absolute Gasteiger partial charge is 0.465 e. The predicted molar refractivity (Wildman–Crippen MR) is 108 cm³/mol. The zero-order valence-corrected chi connectivity index (χ0v) is 17.5. The van der Waals surface area contributed by atoms with Gasteiger partial charge in [0.2, 0.25) is 0 Å². The summed E-state index contributed by atoms with van der Waals surface area (Å²) in [6, 6.07) is 7.64. The maximum absolute atomic E-state index is 12.8. The van der Waals surface area contributed by atoms with Crippen LogP contribution in [0.2, 0.25) is 0 Å². The maximum atomic E-state index is 12.8. The molecule has 0 aliphatic rings. The number of rotatable bonds is 6. The summed E-state index contributed by atoms with van der Waals surface area (Å²) < 4.78 is 10.1. The molecule has 0 aliphatic heterocycles. The molecule has 1 aromatic carbocycles. The average Bonchev–Trinajstić information content (AvgIpc) is 3.01. The minimum atomic E-state index is -0.468. The van der Waals surface area contributed by atoms with Gasteiger partial charge < -0.3 is 9.30 Å². The number of halogens is 1. The second-order valence-corrected chi connectivity index (χ2v) is 7.43. The van der Waals surface area contributed by atoms with Crippen molar-refractivity contribution in [1.82, 2.24) is 18.7 Å². The first kappa shape index (κ1) is 20.1. The Bertz CT molecular complexity index is 1160. The van der Waals surface area contributed by atoms with Crippen molar-refractivity contribution in [1.29, 1.82) is 0 Å². The fourth-order valence-electron chi connectivity index (χ4n) is 3.01. The predicted octanol–water partition coefficient (Wildman–Crippen LogP) is 1.74. The van der Waals surface area contributed by atoms with Crippen molar-refractivity contribution in [2.45, 2.75) is 26.3 Å². The van der Waals surface area contributed by atoms with Crippen LogP contribution in [0.1, 0.15) is 24.7 Å². The van der Waals surface area contributed by atoms with Gasteiger partial charge in [0.25, 0.3) is 5.56 Å². The van der Waals surface area contributed by atoms with Crippen molar-refractivity contribution in [3.8, 4) is 0 Å². The standard InChI is InChI=1S/C19H21BrN4O4/c1-4-8-28-15(25)10-14-21-17-16(18(26)23(3)19(27)22(17)2)24(14)11-12-6-5-7-13(20)9-12/h5-7,9H,4,8,10-11H2,1-3H3. The Labute approximate surface area is 169 Å². The first-order valence-corrected chi connectivity index (χ1v) is 9.68. The molecule has 0 amide bonds. The van der Waals surface area contributed by atoms with Crippen LogP contribution in [0.3, 0.4) is 0 Å². The molecule has 148 valence electrons. The normalized spacial score (nSPS) is 11.1. The third-order valence-electron chi connectivity index (χ3n) is 4.43. The Morgan fingerprint density at radius 2 is 1.96 bits per heavy atom. The molecule has 0 fully saturated rings. The summed E-state index contributed by atoms with van der Waals surface area (Å²) in [6.45, 7) is 2.57. The Morgan fingerprint density at radius 3 is 2.64 bits per heavy atom. The Hall–Kier alpha value is -2.68. The molecule has 3 rings (SSSR count). The van der Waals surface area contributed by atoms with E-state index in [9.17, 15) is 14.4 Å². The summed E-state index contributed by atoms with van der Waals surface area (Å²) >= 11 is 3.44. The van der Waals surface area contributed by atoms with Crippen LogP contribution in [0.25, 0.3) is 11.2 Å². The number of carbonyl (C=O) groups is 1. The van der Waals surface area contributed by atoms with Crippen LogP contribution in [-0.4, -0.2) is 31.3 Å². The van der Waals surface area contributed by atoms with E-state index in [4.69, 9.17) is 4.74 Å². The van der Waals surface area contributed by atoms with Gasteiger partial charge >= 0.3 is 11.7 Å². The smallest absolute Gasteiger partial charge is 0.332 e. The number of hydrogen-bond acceptors (Lipinski definition) is 5. The highest BCUT2D eigenvalue weighted by molar-refractivity contribution is 9.10. The second-order valence-electron chi connectivity index (χ2n) is 6.52. The van der Waals surface area contributed by atoms with Crippen molar-refractivity contribution in [3.05, 3.63) is 61.0 Å². The number of aryl methyl sites for hydroxylation is 1. The number of ether oxygens (including phenoxy) is 1. The molecule has 0 radical (unpaired) electrons. The molecule has 0 aliphatic carbocycles. The highest BCUT2D eigenvalue weighted by Crippen LogP contribution is 2.18. The van der Waals surface area contributed by atoms with Gasteiger partial charge in [-0.15, -0.1) is 0 Å². The van der Waals surface area contributed by atoms with Gasteiger partial charge in [0, 0.05) is 25.1 Å². The molecule has 0 saturated heterocycles. The van der Waals surface area contributed by atoms with Crippen molar-refractivity contribution >= 4 is 33.1 Å². The monoisotopic (exact) mass is 448 g/mol. The number of fused-ring (bicyclic) bond motifs is 1. The number of benzene rings is 1. The molecular formula is C19H21BrN4O4. The van der Waals surface area contributed by atoms with Gasteiger partial charge in [0.1, 0.15) is 12.2 Å². The first-order chi connectivity index (χ1) is 13.3. The fraction of sp³-hybridized carbons (Fsp3) is 0.368. The zero-order valence-electron chi connectivity index (χ0n) is 15.9. The number of aromatic nitrogens is 4. The fourth-order valence-corrected chi connectivity index (χ4v) is 3.46. The van der Waals surface area contributed by atoms with Crippen molar-refractivity contribution < 1.29 is 9.53 Å². The molecule has 0 bridgehead atoms. The highest BCUT2D eigenvalue weighted by Gasteiger charge is 2.21. The summed E-state index contributed by atoms with van der Waals surface area (Å²) in [5.74, 6) is -0.0381. The van der Waals surface area contributed by atoms with Gasteiger partial charge in [-0.3, -0.25) is 18.7 Å². The second kappa shape index (κ2) is 8.14. The molecule has 0 saturated carbocycles. The Kier molecular flexibility index (Phi) is 5.83. The lowest BCUT2D eigenvalue weighted by molar-refractivity contribution is -0.143. The van der Waals surface area contributed by atoms with Gasteiger partial charge in [-0.25, -0.2) is 9.78 Å². The van der Waals surface area contributed by atoms with E-state index in [2.05, 4.69) is 20.9 Å². The van der Waals surface area contributed by atoms with E-state index in [1.54, 1.807) is 11.6 Å². The molecule has 0 atom stereocenters. The van der Waals surface area contributed by atoms with Gasteiger partial charge in [-0.1, -0.05) is 35.0 Å². The molecule has 3 aromatic rings. The summed E-state index contributed by atoms with van der Waals surface area (Å²) in [5.41, 5.74) is 0.537. The van der Waals surface area contributed by atoms with E-state index >= 15 is 0 Å². The van der Waals surface area contributed by atoms with Crippen LogP contribution in [0.5, 0.6) is 0 Å². The third-order valence-corrected chi connectivity index (χ3v) is 4.92. The van der Waals surface area contributed by atoms with Crippen molar-refractivity contribution in [3.63, 3.8) is 0 Å². The molecule has 0 N–H and O–H groups in total. The lowest BCUT2D eigenvalue weighted by Gasteiger charge is -2.10. The molecular weight excluding hydrogens is 428 g/mol. The van der Waals surface area contributed by atoms with Gasteiger partial charge in [0.05, 0.1) is 6.61 Å². The third kappa shape index (κ3) is 3.80. The SMILES string of the molecule is CCCOC(=O)Cc1nc2c(c(=O)n(C)c(=O)n2C)n1Cc1cccc(Br)c1. The Balaban J connectivity index is 2.19. The van der Waals surface area contributed by atoms with Crippen molar-refractivity contribution in [2.75, 3.05) is 6.61 Å². The van der Waals surface area contributed by atoms with Gasteiger partial charge in [-0.2, -0.15) is 0 Å². The molecule has 0 spiro atoms. The number of carbonyl (C=O) groups excluding carboxylic acids is 1. The summed E-state index contributed by atoms with van der Waals surface area (Å²) in [5, 5.41) is 0. The summed E-state index contributed by atoms with van der Waals surface area (Å²) in [4.78, 5) is 41.7. The zero-order chi connectivity index (χ0) is 20.4. The van der Waals surface area contributed by atoms with Crippen LogP contribution in [0.4, 0.5) is 0 Å². The Morgan fingerprint density at radius 1 is 1.21 bits per heavy atom. The number of imidazole rings is 1.